The van der Waals surface area contributed by atoms with Gasteiger partial charge in [0.05, 0.1) is 6.10 Å². The van der Waals surface area contributed by atoms with E-state index in [0.29, 0.717) is 6.61 Å². The minimum atomic E-state index is -0.107. The van der Waals surface area contributed by atoms with Crippen LogP contribution < -0.4 is 0 Å². The van der Waals surface area contributed by atoms with Crippen LogP contribution in [0.4, 0.5) is 0 Å². The van der Waals surface area contributed by atoms with Gasteiger partial charge in [-0.05, 0) is 19.3 Å². The monoisotopic (exact) mass is 215 g/mol. The zero-order valence-electron chi connectivity index (χ0n) is 9.96. The molecule has 1 radical (unpaired) electrons. The summed E-state index contributed by atoms with van der Waals surface area (Å²) < 4.78 is 0. The molecule has 0 aliphatic heterocycles. The molecule has 0 bridgehead atoms. The molecule has 0 aromatic heterocycles. The number of aliphatic hydroxyl groups excluding tert-OH is 2. The third-order valence-corrected chi connectivity index (χ3v) is 2.73. The Morgan fingerprint density at radius 3 is 1.87 bits per heavy atom. The Hall–Kier alpha value is -0.0800. The molecule has 15 heavy (non-hydrogen) atoms. The molecule has 0 aliphatic carbocycles. The minimum Gasteiger partial charge on any atom is -0.396 e. The highest BCUT2D eigenvalue weighted by Gasteiger charge is 2.02. The third kappa shape index (κ3) is 11.8. The van der Waals surface area contributed by atoms with Gasteiger partial charge in [-0.3, -0.25) is 0 Å². The highest BCUT2D eigenvalue weighted by Crippen LogP contribution is 2.11. The Morgan fingerprint density at radius 1 is 0.800 bits per heavy atom. The average molecular weight is 215 g/mol. The van der Waals surface area contributed by atoms with Crippen LogP contribution in [0.1, 0.15) is 64.2 Å². The Kier molecular flexibility index (Phi) is 11.9. The van der Waals surface area contributed by atoms with Crippen molar-refractivity contribution < 1.29 is 10.2 Å². The van der Waals surface area contributed by atoms with Gasteiger partial charge in [0, 0.05) is 6.61 Å². The predicted octanol–water partition coefficient (Wildman–Crippen LogP) is 3.07. The fourth-order valence-corrected chi connectivity index (χ4v) is 1.72. The first-order valence-electron chi connectivity index (χ1n) is 6.39. The van der Waals surface area contributed by atoms with Gasteiger partial charge >= 0.3 is 0 Å². The van der Waals surface area contributed by atoms with Crippen molar-refractivity contribution in [2.45, 2.75) is 70.3 Å². The van der Waals surface area contributed by atoms with E-state index in [9.17, 15) is 5.11 Å². The fourth-order valence-electron chi connectivity index (χ4n) is 1.72. The average Bonchev–Trinajstić information content (AvgIpc) is 2.24. The molecular weight excluding hydrogens is 188 g/mol. The highest BCUT2D eigenvalue weighted by molar-refractivity contribution is 4.57. The molecular formula is C13H27O2. The van der Waals surface area contributed by atoms with E-state index in [1.165, 1.54) is 12.8 Å². The zero-order valence-corrected chi connectivity index (χ0v) is 9.96. The van der Waals surface area contributed by atoms with Crippen LogP contribution in [0.15, 0.2) is 0 Å². The Morgan fingerprint density at radius 2 is 1.33 bits per heavy atom. The molecule has 0 rings (SSSR count). The molecule has 2 heteroatoms. The van der Waals surface area contributed by atoms with Gasteiger partial charge in [-0.1, -0.05) is 51.9 Å². The number of unbranched alkanes of at least 4 members (excludes halogenated alkanes) is 6. The minimum absolute atomic E-state index is 0.107. The maximum atomic E-state index is 9.64. The van der Waals surface area contributed by atoms with Crippen molar-refractivity contribution in [3.63, 3.8) is 0 Å². The molecule has 1 atom stereocenters. The van der Waals surface area contributed by atoms with E-state index in [0.717, 1.165) is 51.4 Å². The molecule has 0 aromatic rings. The van der Waals surface area contributed by atoms with Crippen molar-refractivity contribution in [3.05, 3.63) is 6.92 Å². The van der Waals surface area contributed by atoms with E-state index >= 15 is 0 Å². The topological polar surface area (TPSA) is 40.5 Å². The number of aliphatic hydroxyl groups is 2. The van der Waals surface area contributed by atoms with Gasteiger partial charge in [-0.25, -0.2) is 0 Å². The summed E-state index contributed by atoms with van der Waals surface area (Å²) in [5.74, 6) is 0. The Bertz CT molecular complexity index is 115. The zero-order chi connectivity index (χ0) is 11.4. The van der Waals surface area contributed by atoms with E-state index in [4.69, 9.17) is 5.11 Å². The quantitative estimate of drug-likeness (QED) is 0.520. The lowest BCUT2D eigenvalue weighted by Crippen LogP contribution is -2.05. The second kappa shape index (κ2) is 12.0. The van der Waals surface area contributed by atoms with Crippen molar-refractivity contribution >= 4 is 0 Å². The molecule has 2 nitrogen and oxygen atoms in total. The van der Waals surface area contributed by atoms with Crippen LogP contribution in [0, 0.1) is 6.92 Å². The van der Waals surface area contributed by atoms with Gasteiger partial charge in [0.1, 0.15) is 0 Å². The molecule has 0 amide bonds. The first kappa shape index (κ1) is 14.9. The molecule has 0 aromatic carbocycles. The predicted molar refractivity (Wildman–Crippen MR) is 64.6 cm³/mol. The second-order valence-electron chi connectivity index (χ2n) is 4.28. The summed E-state index contributed by atoms with van der Waals surface area (Å²) in [4.78, 5) is 0. The highest BCUT2D eigenvalue weighted by atomic mass is 16.3. The van der Waals surface area contributed by atoms with Crippen LogP contribution in [-0.2, 0) is 0 Å². The summed E-state index contributed by atoms with van der Waals surface area (Å²) in [5, 5.41) is 18.2. The van der Waals surface area contributed by atoms with E-state index in [-0.39, 0.29) is 6.10 Å². The molecule has 0 aliphatic rings. The largest absolute Gasteiger partial charge is 0.396 e. The van der Waals surface area contributed by atoms with Gasteiger partial charge in [0.25, 0.3) is 0 Å². The Labute approximate surface area is 94.7 Å². The summed E-state index contributed by atoms with van der Waals surface area (Å²) in [6, 6.07) is 0. The van der Waals surface area contributed by atoms with Crippen LogP contribution in [-0.4, -0.2) is 22.9 Å². The lowest BCUT2D eigenvalue weighted by Gasteiger charge is -2.09. The normalized spacial score (nSPS) is 13.0. The van der Waals surface area contributed by atoms with Gasteiger partial charge in [0.2, 0.25) is 0 Å². The van der Waals surface area contributed by atoms with Crippen LogP contribution in [0.5, 0.6) is 0 Å². The van der Waals surface area contributed by atoms with Gasteiger partial charge in [0.15, 0.2) is 0 Å². The number of rotatable bonds is 11. The summed E-state index contributed by atoms with van der Waals surface area (Å²) in [5.41, 5.74) is 0. The van der Waals surface area contributed by atoms with E-state index in [1.807, 2.05) is 0 Å². The van der Waals surface area contributed by atoms with E-state index in [1.54, 1.807) is 0 Å². The van der Waals surface area contributed by atoms with Gasteiger partial charge < -0.3 is 10.2 Å². The second-order valence-corrected chi connectivity index (χ2v) is 4.28. The lowest BCUT2D eigenvalue weighted by atomic mass is 10.0. The molecule has 1 unspecified atom stereocenters. The SMILES string of the molecule is [CH2]CCCCCC(O)CCCCCCO. The summed E-state index contributed by atoms with van der Waals surface area (Å²) in [7, 11) is 0. The molecule has 2 N–H and O–H groups in total. The van der Waals surface area contributed by atoms with Crippen molar-refractivity contribution in [2.24, 2.45) is 0 Å². The maximum absolute atomic E-state index is 9.64. The summed E-state index contributed by atoms with van der Waals surface area (Å²) in [6.07, 6.45) is 10.5. The Balaban J connectivity index is 3.08. The van der Waals surface area contributed by atoms with Crippen molar-refractivity contribution in [2.75, 3.05) is 6.61 Å². The molecule has 0 heterocycles. The third-order valence-electron chi connectivity index (χ3n) is 2.73. The van der Waals surface area contributed by atoms with E-state index < -0.39 is 0 Å². The van der Waals surface area contributed by atoms with Crippen molar-refractivity contribution in [1.29, 1.82) is 0 Å². The van der Waals surface area contributed by atoms with Crippen molar-refractivity contribution in [1.82, 2.24) is 0 Å². The maximum Gasteiger partial charge on any atom is 0.0540 e. The van der Waals surface area contributed by atoms with Crippen LogP contribution in [0.3, 0.4) is 0 Å². The molecule has 0 fully saturated rings. The standard InChI is InChI=1S/C13H27O2/c1-2-3-4-7-10-13(15)11-8-5-6-9-12-14/h13-15H,1-12H2. The summed E-state index contributed by atoms with van der Waals surface area (Å²) >= 11 is 0. The van der Waals surface area contributed by atoms with E-state index in [2.05, 4.69) is 6.92 Å². The van der Waals surface area contributed by atoms with Crippen molar-refractivity contribution in [3.8, 4) is 0 Å². The first-order valence-corrected chi connectivity index (χ1v) is 6.39. The molecule has 91 valence electrons. The summed E-state index contributed by atoms with van der Waals surface area (Å²) in [6.45, 7) is 4.10. The molecule has 0 saturated heterocycles. The smallest absolute Gasteiger partial charge is 0.0540 e. The first-order chi connectivity index (χ1) is 7.31. The van der Waals surface area contributed by atoms with Crippen LogP contribution >= 0.6 is 0 Å². The molecule has 0 spiro atoms. The number of hydrogen-bond acceptors (Lipinski definition) is 2. The van der Waals surface area contributed by atoms with Crippen LogP contribution in [0.2, 0.25) is 0 Å². The lowest BCUT2D eigenvalue weighted by molar-refractivity contribution is 0.147. The molecule has 0 saturated carbocycles. The van der Waals surface area contributed by atoms with Crippen LogP contribution in [0.25, 0.3) is 0 Å². The number of hydrogen-bond donors (Lipinski definition) is 2. The van der Waals surface area contributed by atoms with Gasteiger partial charge in [-0.2, -0.15) is 0 Å². The fraction of sp³-hybridized carbons (Fsp3) is 0.923. The van der Waals surface area contributed by atoms with Gasteiger partial charge in [-0.15, -0.1) is 0 Å².